The normalized spacial score (nSPS) is 10.8. The summed E-state index contributed by atoms with van der Waals surface area (Å²) < 4.78 is 10.6. The number of aromatic nitrogens is 2. The second-order valence-corrected chi connectivity index (χ2v) is 4.71. The van der Waals surface area contributed by atoms with E-state index in [1.54, 1.807) is 14.0 Å². The Morgan fingerprint density at radius 3 is 2.70 bits per heavy atom. The molecule has 2 rings (SSSR count). The average molecular weight is 431 g/mol. The number of hydrogen-bond donors (Lipinski definition) is 1. The number of nitrogens with one attached hydrogen (secondary N) is 1. The maximum absolute atomic E-state index is 5.67. The van der Waals surface area contributed by atoms with Gasteiger partial charge in [-0.2, -0.15) is 4.98 Å². The van der Waals surface area contributed by atoms with Crippen LogP contribution in [0.25, 0.3) is 0 Å². The summed E-state index contributed by atoms with van der Waals surface area (Å²) in [5.41, 5.74) is 0. The van der Waals surface area contributed by atoms with Gasteiger partial charge >= 0.3 is 0 Å². The molecule has 0 amide bonds. The van der Waals surface area contributed by atoms with Crippen LogP contribution in [0.4, 0.5) is 0 Å². The summed E-state index contributed by atoms with van der Waals surface area (Å²) >= 11 is 0. The lowest BCUT2D eigenvalue weighted by Gasteiger charge is -2.21. The Labute approximate surface area is 153 Å². The van der Waals surface area contributed by atoms with Gasteiger partial charge in [-0.3, -0.25) is 4.99 Å². The molecule has 8 heteroatoms. The van der Waals surface area contributed by atoms with Gasteiger partial charge in [0, 0.05) is 21.0 Å². The zero-order valence-corrected chi connectivity index (χ0v) is 15.9. The average Bonchev–Trinajstić information content (AvgIpc) is 2.94. The molecule has 1 N–H and O–H groups in total. The number of hydrogen-bond acceptors (Lipinski definition) is 5. The van der Waals surface area contributed by atoms with E-state index in [1.165, 1.54) is 0 Å². The maximum atomic E-state index is 5.67. The van der Waals surface area contributed by atoms with Crippen LogP contribution in [0.15, 0.2) is 39.8 Å². The summed E-state index contributed by atoms with van der Waals surface area (Å²) in [7, 11) is 3.68. The molecule has 0 radical (unpaired) electrons. The Kier molecular flexibility index (Phi) is 8.38. The number of likely N-dealkylation sites (N-methyl/N-ethyl adjacent to an activating group) is 1. The van der Waals surface area contributed by atoms with E-state index in [-0.39, 0.29) is 24.0 Å². The highest BCUT2D eigenvalue weighted by molar-refractivity contribution is 14.0. The van der Waals surface area contributed by atoms with Crippen LogP contribution in [0.1, 0.15) is 11.7 Å². The molecule has 126 valence electrons. The van der Waals surface area contributed by atoms with Gasteiger partial charge in [0.05, 0.1) is 13.1 Å². The van der Waals surface area contributed by atoms with Crippen molar-refractivity contribution in [2.75, 3.05) is 27.2 Å². The molecule has 0 bridgehead atoms. The molecule has 1 aromatic heterocycles. The number of para-hydroxylation sites is 1. The lowest BCUT2D eigenvalue weighted by molar-refractivity contribution is 0.281. The van der Waals surface area contributed by atoms with Crippen LogP contribution < -0.4 is 10.1 Å². The number of nitrogens with zero attached hydrogens (tertiary/aromatic N) is 4. The topological polar surface area (TPSA) is 75.8 Å². The first-order valence-electron chi connectivity index (χ1n) is 7.08. The van der Waals surface area contributed by atoms with E-state index < -0.39 is 0 Å². The molecule has 1 heterocycles. The Morgan fingerprint density at radius 2 is 2.09 bits per heavy atom. The van der Waals surface area contributed by atoms with Crippen molar-refractivity contribution in [3.05, 3.63) is 42.0 Å². The Balaban J connectivity index is 0.00000264. The number of aliphatic imine (C=N–C) groups is 1. The minimum Gasteiger partial charge on any atom is -0.492 e. The molecule has 0 aliphatic rings. The first-order valence-corrected chi connectivity index (χ1v) is 7.08. The molecule has 1 aromatic carbocycles. The molecular formula is C15H22IN5O2. The fourth-order valence-corrected chi connectivity index (χ4v) is 1.88. The summed E-state index contributed by atoms with van der Waals surface area (Å²) in [5, 5.41) is 7.02. The summed E-state index contributed by atoms with van der Waals surface area (Å²) in [4.78, 5) is 10.3. The smallest absolute Gasteiger partial charge is 0.223 e. The van der Waals surface area contributed by atoms with Crippen molar-refractivity contribution in [2.24, 2.45) is 4.99 Å². The highest BCUT2D eigenvalue weighted by Gasteiger charge is 2.08. The van der Waals surface area contributed by atoms with Gasteiger partial charge in [-0.05, 0) is 12.1 Å². The Morgan fingerprint density at radius 1 is 1.35 bits per heavy atom. The quantitative estimate of drug-likeness (QED) is 0.429. The standard InChI is InChI=1S/C15H21N5O2.HI/c1-12-18-14(19-22-12)11-17-15(16-2)20(3)9-10-21-13-7-5-4-6-8-13;/h4-8H,9-11H2,1-3H3,(H,16,17);1H. The zero-order chi connectivity index (χ0) is 15.8. The molecule has 0 unspecified atom stereocenters. The lowest BCUT2D eigenvalue weighted by Crippen LogP contribution is -2.40. The van der Waals surface area contributed by atoms with Gasteiger partial charge in [-0.25, -0.2) is 0 Å². The van der Waals surface area contributed by atoms with E-state index in [0.29, 0.717) is 31.4 Å². The van der Waals surface area contributed by atoms with Crippen molar-refractivity contribution in [1.29, 1.82) is 0 Å². The molecule has 0 saturated heterocycles. The van der Waals surface area contributed by atoms with E-state index in [9.17, 15) is 0 Å². The van der Waals surface area contributed by atoms with E-state index in [4.69, 9.17) is 9.26 Å². The van der Waals surface area contributed by atoms with Crippen molar-refractivity contribution < 1.29 is 9.26 Å². The van der Waals surface area contributed by atoms with Crippen LogP contribution in [0.2, 0.25) is 0 Å². The number of benzene rings is 1. The van der Waals surface area contributed by atoms with Gasteiger partial charge in [-0.15, -0.1) is 24.0 Å². The third-order valence-corrected chi connectivity index (χ3v) is 2.99. The van der Waals surface area contributed by atoms with Gasteiger partial charge in [0.1, 0.15) is 12.4 Å². The van der Waals surface area contributed by atoms with Crippen LogP contribution in [0, 0.1) is 6.92 Å². The van der Waals surface area contributed by atoms with Crippen LogP contribution in [-0.2, 0) is 6.54 Å². The monoisotopic (exact) mass is 431 g/mol. The lowest BCUT2D eigenvalue weighted by atomic mass is 10.3. The van der Waals surface area contributed by atoms with Crippen molar-refractivity contribution in [2.45, 2.75) is 13.5 Å². The summed E-state index contributed by atoms with van der Waals surface area (Å²) in [6, 6.07) is 9.74. The first-order chi connectivity index (χ1) is 10.7. The second kappa shape index (κ2) is 10.0. The minimum absolute atomic E-state index is 0. The molecule has 0 aliphatic heterocycles. The summed E-state index contributed by atoms with van der Waals surface area (Å²) in [6.45, 7) is 3.51. The Hall–Kier alpha value is -1.84. The molecule has 0 spiro atoms. The van der Waals surface area contributed by atoms with E-state index >= 15 is 0 Å². The number of halogens is 1. The Bertz CT molecular complexity index is 603. The summed E-state index contributed by atoms with van der Waals surface area (Å²) in [5.74, 6) is 2.77. The van der Waals surface area contributed by atoms with Crippen molar-refractivity contribution >= 4 is 29.9 Å². The van der Waals surface area contributed by atoms with Crippen LogP contribution >= 0.6 is 24.0 Å². The van der Waals surface area contributed by atoms with Gasteiger partial charge in [-0.1, -0.05) is 23.4 Å². The number of ether oxygens (including phenoxy) is 1. The highest BCUT2D eigenvalue weighted by Crippen LogP contribution is 2.07. The van der Waals surface area contributed by atoms with Crippen LogP contribution in [0.5, 0.6) is 5.75 Å². The highest BCUT2D eigenvalue weighted by atomic mass is 127. The fraction of sp³-hybridized carbons (Fsp3) is 0.400. The predicted octanol–water partition coefficient (Wildman–Crippen LogP) is 2.08. The van der Waals surface area contributed by atoms with Gasteiger partial charge in [0.2, 0.25) is 5.89 Å². The first kappa shape index (κ1) is 19.2. The van der Waals surface area contributed by atoms with E-state index in [1.807, 2.05) is 42.3 Å². The van der Waals surface area contributed by atoms with Crippen LogP contribution in [-0.4, -0.2) is 48.2 Å². The molecule has 2 aromatic rings. The molecule has 0 atom stereocenters. The molecule has 0 aliphatic carbocycles. The van der Waals surface area contributed by atoms with Crippen molar-refractivity contribution in [1.82, 2.24) is 20.4 Å². The van der Waals surface area contributed by atoms with Crippen molar-refractivity contribution in [3.63, 3.8) is 0 Å². The fourth-order valence-electron chi connectivity index (χ4n) is 1.88. The number of rotatable bonds is 6. The SMILES string of the molecule is CN=C(NCc1noc(C)n1)N(C)CCOc1ccccc1.I. The molecule has 23 heavy (non-hydrogen) atoms. The van der Waals surface area contributed by atoms with E-state index in [0.717, 1.165) is 11.7 Å². The second-order valence-electron chi connectivity index (χ2n) is 4.71. The molecule has 0 fully saturated rings. The van der Waals surface area contributed by atoms with Gasteiger partial charge < -0.3 is 19.5 Å². The van der Waals surface area contributed by atoms with Gasteiger partial charge in [0.25, 0.3) is 0 Å². The zero-order valence-electron chi connectivity index (χ0n) is 13.5. The molecule has 0 saturated carbocycles. The van der Waals surface area contributed by atoms with Gasteiger partial charge in [0.15, 0.2) is 11.8 Å². The van der Waals surface area contributed by atoms with Crippen LogP contribution in [0.3, 0.4) is 0 Å². The maximum Gasteiger partial charge on any atom is 0.223 e. The third kappa shape index (κ3) is 6.43. The van der Waals surface area contributed by atoms with Crippen molar-refractivity contribution in [3.8, 4) is 5.75 Å². The molecule has 7 nitrogen and oxygen atoms in total. The third-order valence-electron chi connectivity index (χ3n) is 2.99. The predicted molar refractivity (Wildman–Crippen MR) is 99.2 cm³/mol. The molecular weight excluding hydrogens is 409 g/mol. The largest absolute Gasteiger partial charge is 0.492 e. The summed E-state index contributed by atoms with van der Waals surface area (Å²) in [6.07, 6.45) is 0. The minimum atomic E-state index is 0. The number of aryl methyl sites for hydroxylation is 1. The van der Waals surface area contributed by atoms with E-state index in [2.05, 4.69) is 20.4 Å². The number of guanidine groups is 1.